The second-order valence-corrected chi connectivity index (χ2v) is 13.5. The third-order valence-electron chi connectivity index (χ3n) is 9.41. The van der Waals surface area contributed by atoms with Crippen LogP contribution in [0.4, 0.5) is 0 Å². The van der Waals surface area contributed by atoms with E-state index in [1.165, 1.54) is 20.2 Å². The molecule has 5 heteroatoms. The summed E-state index contributed by atoms with van der Waals surface area (Å²) in [4.78, 5) is 14.8. The summed E-state index contributed by atoms with van der Waals surface area (Å²) in [5, 5.41) is 4.71. The van der Waals surface area contributed by atoms with E-state index >= 15 is 0 Å². The molecule has 0 radical (unpaired) electrons. The van der Waals surface area contributed by atoms with Gasteiger partial charge in [0.1, 0.15) is 11.2 Å². The molecule has 0 aliphatic rings. The van der Waals surface area contributed by atoms with E-state index in [0.717, 1.165) is 72.3 Å². The Balaban J connectivity index is 1.19. The zero-order chi connectivity index (χ0) is 33.0. The van der Waals surface area contributed by atoms with Crippen molar-refractivity contribution in [2.75, 3.05) is 0 Å². The van der Waals surface area contributed by atoms with Crippen molar-refractivity contribution in [3.63, 3.8) is 0 Å². The molecule has 234 valence electrons. The van der Waals surface area contributed by atoms with Crippen molar-refractivity contribution in [2.24, 2.45) is 0 Å². The lowest BCUT2D eigenvalue weighted by Gasteiger charge is -2.12. The summed E-state index contributed by atoms with van der Waals surface area (Å²) in [5.41, 5.74) is 10.6. The van der Waals surface area contributed by atoms with Crippen molar-refractivity contribution in [3.8, 4) is 56.2 Å². The summed E-state index contributed by atoms with van der Waals surface area (Å²) in [6.07, 6.45) is 3.68. The van der Waals surface area contributed by atoms with Gasteiger partial charge in [-0.05, 0) is 59.2 Å². The van der Waals surface area contributed by atoms with Gasteiger partial charge >= 0.3 is 0 Å². The second kappa shape index (κ2) is 11.6. The number of thiophene rings is 1. The average Bonchev–Trinajstić information content (AvgIpc) is 3.77. The van der Waals surface area contributed by atoms with E-state index in [9.17, 15) is 0 Å². The standard InChI is InChI=1S/C45H27N3OS/c1-2-10-28(11-3-1)38-26-39(31-13-8-12-29(24-31)32-14-9-23-46-27-32)48-45(47-38)37-22-21-33(43-36-16-4-6-17-40(36)49-44(37)43)30-19-20-35-34-15-5-7-18-41(34)50-42(35)25-30/h1-27H. The van der Waals surface area contributed by atoms with E-state index in [0.29, 0.717) is 5.82 Å². The zero-order valence-corrected chi connectivity index (χ0v) is 27.6. The monoisotopic (exact) mass is 657 g/mol. The van der Waals surface area contributed by atoms with Gasteiger partial charge in [-0.3, -0.25) is 4.98 Å². The molecule has 0 fully saturated rings. The number of hydrogen-bond donors (Lipinski definition) is 0. The summed E-state index contributed by atoms with van der Waals surface area (Å²) in [6, 6.07) is 52.9. The molecule has 0 spiro atoms. The Labute approximate surface area is 292 Å². The van der Waals surface area contributed by atoms with Gasteiger partial charge in [-0.2, -0.15) is 0 Å². The number of hydrogen-bond acceptors (Lipinski definition) is 5. The van der Waals surface area contributed by atoms with Crippen LogP contribution >= 0.6 is 11.3 Å². The Morgan fingerprint density at radius 3 is 2.06 bits per heavy atom. The van der Waals surface area contributed by atoms with Gasteiger partial charge in [0.15, 0.2) is 5.82 Å². The molecule has 4 aromatic heterocycles. The Morgan fingerprint density at radius 2 is 1.18 bits per heavy atom. The third kappa shape index (κ3) is 4.79. The fourth-order valence-electron chi connectivity index (χ4n) is 7.00. The number of nitrogens with zero attached hydrogens (tertiary/aromatic N) is 3. The number of para-hydroxylation sites is 1. The molecular formula is C45H27N3OS. The van der Waals surface area contributed by atoms with Crippen molar-refractivity contribution in [1.82, 2.24) is 15.0 Å². The van der Waals surface area contributed by atoms with Gasteiger partial charge in [0, 0.05) is 60.0 Å². The molecule has 10 aromatic rings. The molecule has 50 heavy (non-hydrogen) atoms. The average molecular weight is 658 g/mol. The maximum absolute atomic E-state index is 6.72. The minimum absolute atomic E-state index is 0.615. The normalized spacial score (nSPS) is 11.6. The number of pyridine rings is 1. The first-order valence-electron chi connectivity index (χ1n) is 16.6. The fourth-order valence-corrected chi connectivity index (χ4v) is 8.15. The van der Waals surface area contributed by atoms with Gasteiger partial charge in [-0.15, -0.1) is 11.3 Å². The largest absolute Gasteiger partial charge is 0.455 e. The Bertz CT molecular complexity index is 2870. The molecular weight excluding hydrogens is 631 g/mol. The molecule has 10 rings (SSSR count). The molecule has 0 aliphatic carbocycles. The van der Waals surface area contributed by atoms with Crippen LogP contribution in [0.25, 0.3) is 98.3 Å². The summed E-state index contributed by atoms with van der Waals surface area (Å²) in [5.74, 6) is 0.615. The Hall–Kier alpha value is -6.43. The van der Waals surface area contributed by atoms with Crippen molar-refractivity contribution in [1.29, 1.82) is 0 Å². The van der Waals surface area contributed by atoms with Crippen LogP contribution in [0.2, 0.25) is 0 Å². The maximum atomic E-state index is 6.72. The van der Waals surface area contributed by atoms with E-state index in [-0.39, 0.29) is 0 Å². The number of fused-ring (bicyclic) bond motifs is 6. The molecule has 0 unspecified atom stereocenters. The van der Waals surface area contributed by atoms with Gasteiger partial charge in [0.25, 0.3) is 0 Å². The lowest BCUT2D eigenvalue weighted by molar-refractivity contribution is 0.669. The van der Waals surface area contributed by atoms with Crippen LogP contribution in [-0.4, -0.2) is 15.0 Å². The van der Waals surface area contributed by atoms with Gasteiger partial charge in [0.2, 0.25) is 0 Å². The smallest absolute Gasteiger partial charge is 0.164 e. The number of aromatic nitrogens is 3. The van der Waals surface area contributed by atoms with E-state index < -0.39 is 0 Å². The molecule has 0 saturated heterocycles. The number of benzene rings is 6. The molecule has 0 amide bonds. The highest BCUT2D eigenvalue weighted by Crippen LogP contribution is 2.43. The molecule has 4 heterocycles. The highest BCUT2D eigenvalue weighted by atomic mass is 32.1. The minimum Gasteiger partial charge on any atom is -0.455 e. The quantitative estimate of drug-likeness (QED) is 0.185. The highest BCUT2D eigenvalue weighted by Gasteiger charge is 2.21. The fraction of sp³-hybridized carbons (Fsp3) is 0. The first kappa shape index (κ1) is 28.6. The van der Waals surface area contributed by atoms with Crippen LogP contribution in [0.1, 0.15) is 0 Å². The van der Waals surface area contributed by atoms with Crippen LogP contribution in [0.5, 0.6) is 0 Å². The van der Waals surface area contributed by atoms with Crippen LogP contribution < -0.4 is 0 Å². The van der Waals surface area contributed by atoms with Crippen molar-refractivity contribution < 1.29 is 4.42 Å². The summed E-state index contributed by atoms with van der Waals surface area (Å²) in [7, 11) is 0. The topological polar surface area (TPSA) is 51.8 Å². The molecule has 4 nitrogen and oxygen atoms in total. The van der Waals surface area contributed by atoms with E-state index in [1.807, 2.05) is 53.9 Å². The first-order chi connectivity index (χ1) is 24.8. The summed E-state index contributed by atoms with van der Waals surface area (Å²) < 4.78 is 9.29. The second-order valence-electron chi connectivity index (χ2n) is 12.4. The van der Waals surface area contributed by atoms with Gasteiger partial charge in [-0.25, -0.2) is 9.97 Å². The van der Waals surface area contributed by atoms with Crippen LogP contribution in [-0.2, 0) is 0 Å². The van der Waals surface area contributed by atoms with Gasteiger partial charge < -0.3 is 4.42 Å². The summed E-state index contributed by atoms with van der Waals surface area (Å²) >= 11 is 1.83. The lowest BCUT2D eigenvalue weighted by atomic mass is 9.96. The van der Waals surface area contributed by atoms with Crippen molar-refractivity contribution in [3.05, 3.63) is 164 Å². The van der Waals surface area contributed by atoms with Crippen molar-refractivity contribution >= 4 is 53.4 Å². The molecule has 0 bridgehead atoms. The Kier molecular flexibility index (Phi) is 6.64. The predicted molar refractivity (Wildman–Crippen MR) is 207 cm³/mol. The van der Waals surface area contributed by atoms with E-state index in [4.69, 9.17) is 14.4 Å². The molecule has 0 atom stereocenters. The maximum Gasteiger partial charge on any atom is 0.164 e. The van der Waals surface area contributed by atoms with Crippen LogP contribution in [0, 0.1) is 0 Å². The van der Waals surface area contributed by atoms with E-state index in [1.54, 1.807) is 6.20 Å². The van der Waals surface area contributed by atoms with E-state index in [2.05, 4.69) is 120 Å². The molecule has 0 N–H and O–H groups in total. The van der Waals surface area contributed by atoms with Crippen LogP contribution in [0.15, 0.2) is 168 Å². The highest BCUT2D eigenvalue weighted by molar-refractivity contribution is 7.25. The van der Waals surface area contributed by atoms with Crippen molar-refractivity contribution in [2.45, 2.75) is 0 Å². The van der Waals surface area contributed by atoms with Gasteiger partial charge in [0.05, 0.1) is 17.0 Å². The third-order valence-corrected chi connectivity index (χ3v) is 10.5. The zero-order valence-electron chi connectivity index (χ0n) is 26.7. The summed E-state index contributed by atoms with van der Waals surface area (Å²) in [6.45, 7) is 0. The molecule has 6 aromatic carbocycles. The molecule has 0 saturated carbocycles. The van der Waals surface area contributed by atoms with Gasteiger partial charge in [-0.1, -0.05) is 109 Å². The SMILES string of the molecule is c1ccc(-c2cc(-c3cccc(-c4cccnc4)c3)nc(-c3ccc(-c4ccc5c(c4)sc4ccccc45)c4c3oc3ccccc34)n2)cc1. The first-order valence-corrected chi connectivity index (χ1v) is 17.4. The number of furan rings is 1. The Morgan fingerprint density at radius 1 is 0.460 bits per heavy atom. The number of rotatable bonds is 5. The van der Waals surface area contributed by atoms with Crippen LogP contribution in [0.3, 0.4) is 0 Å². The minimum atomic E-state index is 0.615. The predicted octanol–water partition coefficient (Wildman–Crippen LogP) is 12.5. The lowest BCUT2D eigenvalue weighted by Crippen LogP contribution is -1.97. The molecule has 0 aliphatic heterocycles.